The van der Waals surface area contributed by atoms with Gasteiger partial charge in [-0.1, -0.05) is 42.0 Å². The molecule has 1 aromatic carbocycles. The van der Waals surface area contributed by atoms with Crippen LogP contribution in [0.5, 0.6) is 0 Å². The van der Waals surface area contributed by atoms with Gasteiger partial charge in [0, 0.05) is 30.6 Å². The first-order valence-corrected chi connectivity index (χ1v) is 10.7. The summed E-state index contributed by atoms with van der Waals surface area (Å²) in [6, 6.07) is 10.1. The van der Waals surface area contributed by atoms with E-state index in [1.165, 1.54) is 11.8 Å². The second-order valence-electron chi connectivity index (χ2n) is 7.14. The Morgan fingerprint density at radius 1 is 1.30 bits per heavy atom. The number of carbonyl (C=O) groups excluding carboxylic acids is 1. The van der Waals surface area contributed by atoms with E-state index < -0.39 is 0 Å². The molecule has 1 fully saturated rings. The van der Waals surface area contributed by atoms with Gasteiger partial charge in [0.25, 0.3) is 0 Å². The smallest absolute Gasteiger partial charge is 0.316 e. The number of hydrogen-bond donors (Lipinski definition) is 1. The van der Waals surface area contributed by atoms with Gasteiger partial charge in [-0.25, -0.2) is 0 Å². The van der Waals surface area contributed by atoms with Crippen LogP contribution in [0.25, 0.3) is 5.69 Å². The number of piperidine rings is 1. The Labute approximate surface area is 191 Å². The highest BCUT2D eigenvalue weighted by atomic mass is 79.9. The molecule has 8 nitrogen and oxygen atoms in total. The van der Waals surface area contributed by atoms with Crippen LogP contribution < -0.4 is 0 Å². The zero-order valence-corrected chi connectivity index (χ0v) is 19.9. The van der Waals surface area contributed by atoms with Crippen LogP contribution in [0, 0.1) is 5.92 Å². The fourth-order valence-electron chi connectivity index (χ4n) is 3.47. The molecule has 10 heteroatoms. The van der Waals surface area contributed by atoms with Gasteiger partial charge in [0.1, 0.15) is 0 Å². The molecule has 1 aliphatic heterocycles. The number of oxime groups is 1. The van der Waals surface area contributed by atoms with Crippen molar-refractivity contribution >= 4 is 40.4 Å². The molecule has 2 aromatic rings. The third-order valence-corrected chi connectivity index (χ3v) is 5.92. The van der Waals surface area contributed by atoms with Gasteiger partial charge in [0.2, 0.25) is 0 Å². The fourth-order valence-corrected chi connectivity index (χ4v) is 4.24. The summed E-state index contributed by atoms with van der Waals surface area (Å²) >= 11 is 1.32. The van der Waals surface area contributed by atoms with Crippen LogP contribution in [0.3, 0.4) is 0 Å². The lowest BCUT2D eigenvalue weighted by atomic mass is 9.93. The minimum Gasteiger partial charge on any atom is -0.465 e. The minimum atomic E-state index is -0.268. The van der Waals surface area contributed by atoms with Gasteiger partial charge < -0.3 is 9.94 Å². The molecular formula is C20H28BrN5O3S. The number of para-hydroxylation sites is 1. The summed E-state index contributed by atoms with van der Waals surface area (Å²) in [4.78, 5) is 14.1. The average Bonchev–Trinajstić information content (AvgIpc) is 3.12. The first-order valence-electron chi connectivity index (χ1n) is 9.76. The third-order valence-electron chi connectivity index (χ3n) is 5.02. The normalized spacial score (nSPS) is 20.7. The number of hydrogen-bond acceptors (Lipinski definition) is 8. The second-order valence-corrected chi connectivity index (χ2v) is 8.08. The summed E-state index contributed by atoms with van der Waals surface area (Å²) in [6.07, 6.45) is 0.724. The number of thioether (sulfide) groups is 1. The van der Waals surface area contributed by atoms with Crippen LogP contribution in [0.15, 0.2) is 40.6 Å². The Morgan fingerprint density at radius 3 is 2.70 bits per heavy atom. The summed E-state index contributed by atoms with van der Waals surface area (Å²) < 4.78 is 7.02. The van der Waals surface area contributed by atoms with Crippen LogP contribution in [0.2, 0.25) is 0 Å². The average molecular weight is 498 g/mol. The van der Waals surface area contributed by atoms with Crippen LogP contribution in [0.1, 0.15) is 33.0 Å². The molecule has 1 N–H and O–H groups in total. The molecule has 164 valence electrons. The number of likely N-dealkylation sites (tertiary alicyclic amines) is 1. The molecule has 2 atom stereocenters. The fraction of sp³-hybridized carbons (Fsp3) is 0.500. The molecule has 0 bridgehead atoms. The second kappa shape index (κ2) is 11.5. The monoisotopic (exact) mass is 497 g/mol. The van der Waals surface area contributed by atoms with Gasteiger partial charge in [-0.15, -0.1) is 27.2 Å². The standard InChI is InChI=1S/C20H27N5O3S.BrH/c1-4-28-19(26)13-29-20-22-21-18(25(20)16-8-6-5-7-9-16)12-24-11-14(2)17(23-27)10-15(24)3;/h5-9,14-15,27H,4,10-13H2,1-3H3;1H/b23-17-;. The Morgan fingerprint density at radius 2 is 2.03 bits per heavy atom. The maximum absolute atomic E-state index is 11.8. The van der Waals surface area contributed by atoms with E-state index in [4.69, 9.17) is 4.74 Å². The van der Waals surface area contributed by atoms with Gasteiger partial charge in [-0.05, 0) is 26.0 Å². The molecule has 0 spiro atoms. The summed E-state index contributed by atoms with van der Waals surface area (Å²) in [5.74, 6) is 0.913. The lowest BCUT2D eigenvalue weighted by molar-refractivity contribution is -0.139. The van der Waals surface area contributed by atoms with E-state index in [2.05, 4.69) is 34.1 Å². The van der Waals surface area contributed by atoms with Crippen molar-refractivity contribution in [3.63, 3.8) is 0 Å². The molecule has 2 unspecified atom stereocenters. The highest BCUT2D eigenvalue weighted by Gasteiger charge is 2.30. The zero-order valence-electron chi connectivity index (χ0n) is 17.4. The number of esters is 1. The van der Waals surface area contributed by atoms with Crippen molar-refractivity contribution in [3.8, 4) is 5.69 Å². The Kier molecular flexibility index (Phi) is 9.32. The van der Waals surface area contributed by atoms with Gasteiger partial charge in [-0.2, -0.15) is 0 Å². The van der Waals surface area contributed by atoms with Gasteiger partial charge in [0.05, 0.1) is 24.6 Å². The van der Waals surface area contributed by atoms with Crippen molar-refractivity contribution in [2.24, 2.45) is 11.1 Å². The molecule has 0 aliphatic carbocycles. The molecule has 1 saturated heterocycles. The summed E-state index contributed by atoms with van der Waals surface area (Å²) in [5, 5.41) is 22.1. The maximum atomic E-state index is 11.8. The molecule has 0 radical (unpaired) electrons. The SMILES string of the molecule is Br.CCOC(=O)CSc1nnc(CN2CC(C)/C(=N\O)CC2C)n1-c1ccccc1. The quantitative estimate of drug-likeness (QED) is 0.270. The lowest BCUT2D eigenvalue weighted by Gasteiger charge is -2.36. The maximum Gasteiger partial charge on any atom is 0.316 e. The van der Waals surface area contributed by atoms with E-state index in [-0.39, 0.29) is 40.7 Å². The summed E-state index contributed by atoms with van der Waals surface area (Å²) in [6.45, 7) is 7.74. The van der Waals surface area contributed by atoms with Crippen LogP contribution in [0.4, 0.5) is 0 Å². The lowest BCUT2D eigenvalue weighted by Crippen LogP contribution is -2.45. The minimum absolute atomic E-state index is 0. The highest BCUT2D eigenvalue weighted by Crippen LogP contribution is 2.26. The van der Waals surface area contributed by atoms with E-state index in [0.717, 1.165) is 30.2 Å². The van der Waals surface area contributed by atoms with Crippen molar-refractivity contribution in [1.29, 1.82) is 0 Å². The number of ether oxygens (including phenoxy) is 1. The van der Waals surface area contributed by atoms with E-state index in [1.807, 2.05) is 34.9 Å². The van der Waals surface area contributed by atoms with E-state index in [9.17, 15) is 10.0 Å². The van der Waals surface area contributed by atoms with E-state index in [0.29, 0.717) is 18.3 Å². The van der Waals surface area contributed by atoms with E-state index in [1.54, 1.807) is 6.92 Å². The first kappa shape index (κ1) is 24.4. The third kappa shape index (κ3) is 5.83. The number of carbonyl (C=O) groups is 1. The number of aromatic nitrogens is 3. The van der Waals surface area contributed by atoms with Crippen molar-refractivity contribution in [2.75, 3.05) is 18.9 Å². The summed E-state index contributed by atoms with van der Waals surface area (Å²) in [5.41, 5.74) is 1.79. The van der Waals surface area contributed by atoms with Crippen molar-refractivity contribution in [1.82, 2.24) is 19.7 Å². The molecule has 0 amide bonds. The number of halogens is 1. The first-order chi connectivity index (χ1) is 14.0. The van der Waals surface area contributed by atoms with Crippen molar-refractivity contribution in [2.45, 2.75) is 44.9 Å². The number of nitrogens with zero attached hydrogens (tertiary/aromatic N) is 5. The number of benzene rings is 1. The summed E-state index contributed by atoms with van der Waals surface area (Å²) in [7, 11) is 0. The molecule has 30 heavy (non-hydrogen) atoms. The van der Waals surface area contributed by atoms with Crippen LogP contribution in [-0.2, 0) is 16.1 Å². The zero-order chi connectivity index (χ0) is 20.8. The van der Waals surface area contributed by atoms with Crippen molar-refractivity contribution in [3.05, 3.63) is 36.2 Å². The molecule has 1 aliphatic rings. The van der Waals surface area contributed by atoms with Gasteiger partial charge >= 0.3 is 5.97 Å². The number of rotatable bonds is 7. The molecule has 1 aromatic heterocycles. The molecule has 0 saturated carbocycles. The highest BCUT2D eigenvalue weighted by molar-refractivity contribution is 8.93. The molecular weight excluding hydrogens is 470 g/mol. The van der Waals surface area contributed by atoms with Gasteiger partial charge in [-0.3, -0.25) is 14.3 Å². The molecule has 3 rings (SSSR count). The van der Waals surface area contributed by atoms with Gasteiger partial charge in [0.15, 0.2) is 11.0 Å². The van der Waals surface area contributed by atoms with Crippen molar-refractivity contribution < 1.29 is 14.7 Å². The predicted molar refractivity (Wildman–Crippen MR) is 122 cm³/mol. The topological polar surface area (TPSA) is 92.8 Å². The van der Waals surface area contributed by atoms with Crippen LogP contribution in [-0.4, -0.2) is 61.5 Å². The Bertz CT molecular complexity index is 861. The van der Waals surface area contributed by atoms with Crippen LogP contribution >= 0.6 is 28.7 Å². The molecule has 2 heterocycles. The Balaban J connectivity index is 0.00000320. The largest absolute Gasteiger partial charge is 0.465 e. The Hall–Kier alpha value is -1.91. The van der Waals surface area contributed by atoms with E-state index >= 15 is 0 Å². The predicted octanol–water partition coefficient (Wildman–Crippen LogP) is 3.56.